The van der Waals surface area contributed by atoms with Gasteiger partial charge in [-0.05, 0) is 79.6 Å². The standard InChI is InChI=1S/C25H25FN4O2S/c1-14(26)21-12-20(22(32-2)13-27-21)19-11-17(16-6-7-16)8-9-18(19)24(31)28-25-30-29-23(33-25)10-5-15-3-4-15/h8-9,11-16,23,29H,3-4,6-7H2,1-2H3,(H,28,30,31). The molecule has 2 N–H and O–H groups in total. The van der Waals surface area contributed by atoms with E-state index < -0.39 is 6.17 Å². The molecule has 33 heavy (non-hydrogen) atoms. The van der Waals surface area contributed by atoms with E-state index in [0.717, 1.165) is 25.7 Å². The predicted molar refractivity (Wildman–Crippen MR) is 128 cm³/mol. The summed E-state index contributed by atoms with van der Waals surface area (Å²) in [5.41, 5.74) is 6.23. The Morgan fingerprint density at radius 1 is 1.24 bits per heavy atom. The molecule has 1 amide bonds. The summed E-state index contributed by atoms with van der Waals surface area (Å²) >= 11 is 1.39. The number of nitrogens with zero attached hydrogens (tertiary/aromatic N) is 2. The zero-order valence-electron chi connectivity index (χ0n) is 18.5. The number of benzene rings is 1. The van der Waals surface area contributed by atoms with Gasteiger partial charge in [0.15, 0.2) is 10.5 Å². The van der Waals surface area contributed by atoms with Crippen molar-refractivity contribution in [1.82, 2.24) is 15.7 Å². The van der Waals surface area contributed by atoms with Crippen molar-refractivity contribution in [2.24, 2.45) is 11.0 Å². The fourth-order valence-corrected chi connectivity index (χ4v) is 4.40. The molecule has 6 nitrogen and oxygen atoms in total. The number of nitrogens with one attached hydrogen (secondary N) is 2. The molecule has 2 unspecified atom stereocenters. The fourth-order valence-electron chi connectivity index (χ4n) is 3.69. The maximum atomic E-state index is 14.0. The zero-order chi connectivity index (χ0) is 22.9. The molecule has 0 saturated heterocycles. The number of carbonyl (C=O) groups is 1. The number of alkyl halides is 1. The molecule has 0 spiro atoms. The molecule has 2 aromatic rings. The number of halogens is 1. The molecule has 2 saturated carbocycles. The number of methoxy groups -OCH3 is 1. The van der Waals surface area contributed by atoms with Gasteiger partial charge in [-0.2, -0.15) is 5.10 Å². The molecule has 0 radical (unpaired) electrons. The van der Waals surface area contributed by atoms with Gasteiger partial charge < -0.3 is 4.74 Å². The first-order chi connectivity index (χ1) is 16.0. The molecule has 2 aliphatic carbocycles. The lowest BCUT2D eigenvalue weighted by molar-refractivity contribution is 0.0978. The van der Waals surface area contributed by atoms with Crippen LogP contribution in [0.4, 0.5) is 4.39 Å². The summed E-state index contributed by atoms with van der Waals surface area (Å²) in [4.78, 5) is 17.5. The molecule has 1 aromatic heterocycles. The zero-order valence-corrected chi connectivity index (χ0v) is 19.3. The lowest BCUT2D eigenvalue weighted by Gasteiger charge is -2.16. The van der Waals surface area contributed by atoms with Gasteiger partial charge in [-0.3, -0.25) is 20.5 Å². The van der Waals surface area contributed by atoms with Gasteiger partial charge in [-0.25, -0.2) is 4.39 Å². The van der Waals surface area contributed by atoms with Crippen molar-refractivity contribution in [2.75, 3.05) is 7.11 Å². The van der Waals surface area contributed by atoms with Crippen LogP contribution in [0, 0.1) is 17.8 Å². The number of rotatable bonds is 5. The van der Waals surface area contributed by atoms with Gasteiger partial charge in [0.1, 0.15) is 11.9 Å². The van der Waals surface area contributed by atoms with Crippen LogP contribution in [-0.4, -0.2) is 28.5 Å². The molecule has 0 bridgehead atoms. The van der Waals surface area contributed by atoms with Gasteiger partial charge >= 0.3 is 0 Å². The van der Waals surface area contributed by atoms with Crippen molar-refractivity contribution in [3.05, 3.63) is 47.3 Å². The number of ether oxygens (including phenoxy) is 1. The molecule has 5 rings (SSSR count). The third kappa shape index (κ3) is 4.98. The minimum absolute atomic E-state index is 0.161. The Balaban J connectivity index is 1.44. The monoisotopic (exact) mass is 464 g/mol. The highest BCUT2D eigenvalue weighted by Gasteiger charge is 2.28. The van der Waals surface area contributed by atoms with E-state index in [-0.39, 0.29) is 11.3 Å². The van der Waals surface area contributed by atoms with Crippen LogP contribution >= 0.6 is 11.8 Å². The second-order valence-electron chi connectivity index (χ2n) is 8.57. The molecule has 2 heterocycles. The number of hydrogen-bond donors (Lipinski definition) is 2. The van der Waals surface area contributed by atoms with Crippen LogP contribution in [0.25, 0.3) is 11.1 Å². The van der Waals surface area contributed by atoms with E-state index in [9.17, 15) is 9.18 Å². The Bertz CT molecular complexity index is 1180. The van der Waals surface area contributed by atoms with E-state index in [2.05, 4.69) is 32.7 Å². The first-order valence-corrected chi connectivity index (χ1v) is 12.0. The van der Waals surface area contributed by atoms with Gasteiger partial charge in [0.25, 0.3) is 5.91 Å². The molecular weight excluding hydrogens is 439 g/mol. The summed E-state index contributed by atoms with van der Waals surface area (Å²) in [7, 11) is 1.54. The van der Waals surface area contributed by atoms with Gasteiger partial charge in [0.05, 0.1) is 19.0 Å². The molecule has 3 aliphatic rings. The molecular formula is C25H25FN4O2S. The second kappa shape index (κ2) is 9.06. The smallest absolute Gasteiger partial charge is 0.257 e. The average Bonchev–Trinajstić information content (AvgIpc) is 3.76. The van der Waals surface area contributed by atoms with Crippen LogP contribution < -0.4 is 15.5 Å². The lowest BCUT2D eigenvalue weighted by atomic mass is 9.94. The molecule has 1 aromatic carbocycles. The summed E-state index contributed by atoms with van der Waals surface area (Å²) in [6, 6.07) is 7.50. The van der Waals surface area contributed by atoms with E-state index >= 15 is 0 Å². The van der Waals surface area contributed by atoms with Crippen LogP contribution in [-0.2, 0) is 0 Å². The third-order valence-corrected chi connectivity index (χ3v) is 6.75. The quantitative estimate of drug-likeness (QED) is 0.625. The molecule has 2 fully saturated rings. The van der Waals surface area contributed by atoms with E-state index in [1.165, 1.54) is 30.4 Å². The maximum absolute atomic E-state index is 14.0. The summed E-state index contributed by atoms with van der Waals surface area (Å²) < 4.78 is 19.6. The molecule has 170 valence electrons. The predicted octanol–water partition coefficient (Wildman–Crippen LogP) is 4.74. The largest absolute Gasteiger partial charge is 0.494 e. The Labute approximate surface area is 196 Å². The summed E-state index contributed by atoms with van der Waals surface area (Å²) in [6.07, 6.45) is 4.87. The minimum Gasteiger partial charge on any atom is -0.494 e. The average molecular weight is 465 g/mol. The number of amides is 1. The van der Waals surface area contributed by atoms with Crippen molar-refractivity contribution in [1.29, 1.82) is 0 Å². The van der Waals surface area contributed by atoms with Crippen molar-refractivity contribution in [3.8, 4) is 28.7 Å². The summed E-state index contributed by atoms with van der Waals surface area (Å²) in [5.74, 6) is 7.58. The highest BCUT2D eigenvalue weighted by molar-refractivity contribution is 8.14. The number of aromatic nitrogens is 1. The van der Waals surface area contributed by atoms with Crippen LogP contribution in [0.15, 0.2) is 35.6 Å². The Kier molecular flexibility index (Phi) is 5.98. The minimum atomic E-state index is -1.23. The third-order valence-electron chi connectivity index (χ3n) is 5.87. The highest BCUT2D eigenvalue weighted by Crippen LogP contribution is 2.43. The maximum Gasteiger partial charge on any atom is 0.257 e. The summed E-state index contributed by atoms with van der Waals surface area (Å²) in [5, 5.41) is 7.43. The topological polar surface area (TPSA) is 75.6 Å². The normalized spacial score (nSPS) is 20.2. The number of hydrogen-bond acceptors (Lipinski definition) is 6. The number of thioether (sulfide) groups is 1. The molecule has 8 heteroatoms. The van der Waals surface area contributed by atoms with E-state index in [1.54, 1.807) is 13.2 Å². The van der Waals surface area contributed by atoms with Gasteiger partial charge in [-0.15, -0.1) is 0 Å². The fraction of sp³-hybridized carbons (Fsp3) is 0.400. The number of carbonyl (C=O) groups excluding carboxylic acids is 1. The van der Waals surface area contributed by atoms with E-state index in [0.29, 0.717) is 45.1 Å². The van der Waals surface area contributed by atoms with Gasteiger partial charge in [0.2, 0.25) is 0 Å². The number of amidine groups is 1. The molecule has 2 atom stereocenters. The SMILES string of the molecule is COc1cnc(C(C)F)cc1-c1cc(C2CC2)ccc1C(=O)NC1=NNC(C#CC2CC2)S1. The van der Waals surface area contributed by atoms with Crippen LogP contribution in [0.3, 0.4) is 0 Å². The van der Waals surface area contributed by atoms with Gasteiger partial charge in [-0.1, -0.05) is 17.9 Å². The Morgan fingerprint density at radius 2 is 2.06 bits per heavy atom. The first kappa shape index (κ1) is 21.8. The Morgan fingerprint density at radius 3 is 2.76 bits per heavy atom. The Hall–Kier alpha value is -3.05. The van der Waals surface area contributed by atoms with Crippen molar-refractivity contribution < 1.29 is 13.9 Å². The van der Waals surface area contributed by atoms with Crippen LogP contribution in [0.1, 0.15) is 66.3 Å². The number of hydrazone groups is 1. The van der Waals surface area contributed by atoms with Crippen LogP contribution in [0.5, 0.6) is 5.75 Å². The van der Waals surface area contributed by atoms with E-state index in [4.69, 9.17) is 4.74 Å². The lowest BCUT2D eigenvalue weighted by Crippen LogP contribution is -2.28. The summed E-state index contributed by atoms with van der Waals surface area (Å²) in [6.45, 7) is 1.44. The second-order valence-corrected chi connectivity index (χ2v) is 9.66. The van der Waals surface area contributed by atoms with Crippen molar-refractivity contribution in [3.63, 3.8) is 0 Å². The van der Waals surface area contributed by atoms with Crippen LogP contribution in [0.2, 0.25) is 0 Å². The van der Waals surface area contributed by atoms with Crippen molar-refractivity contribution >= 4 is 22.8 Å². The first-order valence-electron chi connectivity index (χ1n) is 11.2. The highest BCUT2D eigenvalue weighted by atomic mass is 32.2. The van der Waals surface area contributed by atoms with E-state index in [1.807, 2.05) is 18.2 Å². The number of pyridine rings is 1. The molecule has 1 aliphatic heterocycles. The van der Waals surface area contributed by atoms with Crippen molar-refractivity contribution in [2.45, 2.75) is 50.1 Å². The van der Waals surface area contributed by atoms with Gasteiger partial charge in [0, 0.05) is 17.0 Å².